The fraction of sp³-hybridized carbons (Fsp3) is 0.579. The van der Waals surface area contributed by atoms with E-state index >= 15 is 0 Å². The summed E-state index contributed by atoms with van der Waals surface area (Å²) in [5.41, 5.74) is 1.42. The molecule has 2 N–H and O–H groups in total. The Morgan fingerprint density at radius 2 is 2.22 bits per heavy atom. The molecule has 2 heterocycles. The summed E-state index contributed by atoms with van der Waals surface area (Å²) in [5, 5.41) is 15.7. The number of rotatable bonds is 8. The fourth-order valence-corrected chi connectivity index (χ4v) is 4.65. The summed E-state index contributed by atoms with van der Waals surface area (Å²) < 4.78 is 46.0. The highest BCUT2D eigenvalue weighted by Crippen LogP contribution is 2.34. The minimum Gasteiger partial charge on any atom is -0.389 e. The minimum atomic E-state index is -2.38. The molecular formula is C19H25F3N2O2S. The van der Waals surface area contributed by atoms with Crippen molar-refractivity contribution in [2.75, 3.05) is 38.7 Å². The number of hydrogen-bond donors (Lipinski definition) is 2. The van der Waals surface area contributed by atoms with Crippen LogP contribution in [-0.2, 0) is 11.2 Å². The van der Waals surface area contributed by atoms with Crippen LogP contribution in [0.1, 0.15) is 12.0 Å². The molecule has 1 aromatic heterocycles. The van der Waals surface area contributed by atoms with Crippen LogP contribution < -0.4 is 5.32 Å². The molecule has 3 atom stereocenters. The van der Waals surface area contributed by atoms with Crippen LogP contribution in [0, 0.1) is 0 Å². The number of thiophene rings is 1. The van der Waals surface area contributed by atoms with Gasteiger partial charge >= 0.3 is 0 Å². The maximum absolute atomic E-state index is 14.7. The zero-order chi connectivity index (χ0) is 19.4. The van der Waals surface area contributed by atoms with E-state index in [-0.39, 0.29) is 25.6 Å². The predicted molar refractivity (Wildman–Crippen MR) is 103 cm³/mol. The largest absolute Gasteiger partial charge is 0.389 e. The summed E-state index contributed by atoms with van der Waals surface area (Å²) in [6.07, 6.45) is -3.75. The van der Waals surface area contributed by atoms with Crippen molar-refractivity contribution < 1.29 is 23.0 Å². The van der Waals surface area contributed by atoms with Crippen LogP contribution in [0.4, 0.5) is 18.9 Å². The van der Waals surface area contributed by atoms with E-state index in [4.69, 9.17) is 4.74 Å². The van der Waals surface area contributed by atoms with Crippen molar-refractivity contribution in [3.05, 3.63) is 29.1 Å². The molecule has 1 aliphatic rings. The third-order valence-corrected chi connectivity index (χ3v) is 5.93. The van der Waals surface area contributed by atoms with Crippen LogP contribution in [0.15, 0.2) is 23.6 Å². The first kappa shape index (κ1) is 20.4. The first-order chi connectivity index (χ1) is 13.0. The quantitative estimate of drug-likeness (QED) is 0.709. The molecule has 1 aliphatic heterocycles. The molecule has 2 aromatic rings. The summed E-state index contributed by atoms with van der Waals surface area (Å²) >= 11 is 1.41. The highest BCUT2D eigenvalue weighted by molar-refractivity contribution is 7.18. The molecule has 150 valence electrons. The zero-order valence-electron chi connectivity index (χ0n) is 15.2. The van der Waals surface area contributed by atoms with Crippen LogP contribution in [-0.4, -0.2) is 68.1 Å². The lowest BCUT2D eigenvalue weighted by atomic mass is 10.0. The van der Waals surface area contributed by atoms with Crippen molar-refractivity contribution in [2.24, 2.45) is 0 Å². The lowest BCUT2D eigenvalue weighted by Gasteiger charge is -2.36. The number of ether oxygens (including phenoxy) is 1. The van der Waals surface area contributed by atoms with Crippen LogP contribution in [0.5, 0.6) is 0 Å². The molecule has 1 aromatic carbocycles. The average Bonchev–Trinajstić information content (AvgIpc) is 3.01. The van der Waals surface area contributed by atoms with Crippen LogP contribution in [0.25, 0.3) is 10.1 Å². The van der Waals surface area contributed by atoms with E-state index in [1.165, 1.54) is 18.4 Å². The Hall–Kier alpha value is -1.35. The number of nitrogens with one attached hydrogen (secondary N) is 1. The Balaban J connectivity index is 1.65. The summed E-state index contributed by atoms with van der Waals surface area (Å²) in [6, 6.07) is 5.18. The summed E-state index contributed by atoms with van der Waals surface area (Å²) in [5.74, 6) is 0. The molecule has 3 rings (SSSR count). The minimum absolute atomic E-state index is 0.233. The van der Waals surface area contributed by atoms with Crippen molar-refractivity contribution in [2.45, 2.75) is 37.6 Å². The van der Waals surface area contributed by atoms with Crippen molar-refractivity contribution in [1.82, 2.24) is 4.90 Å². The highest BCUT2D eigenvalue weighted by atomic mass is 32.1. The second kappa shape index (κ2) is 9.23. The van der Waals surface area contributed by atoms with Gasteiger partial charge in [0.05, 0.1) is 29.1 Å². The standard InChI is InChI=1S/C19H25F3N2O2S/c1-26-10-13(25)8-24-6-5-16(15(20)9-24)23-17-4-2-3-14-12(7-18(21)22)11-27-19(14)17/h2-4,11,13,15-16,18,23,25H,5-10H2,1H3. The molecule has 0 amide bonds. The second-order valence-corrected chi connectivity index (χ2v) is 7.84. The van der Waals surface area contributed by atoms with Gasteiger partial charge in [0.15, 0.2) is 0 Å². The van der Waals surface area contributed by atoms with Gasteiger partial charge in [-0.05, 0) is 28.8 Å². The number of alkyl halides is 3. The van der Waals surface area contributed by atoms with Gasteiger partial charge in [0, 0.05) is 33.2 Å². The smallest absolute Gasteiger partial charge is 0.242 e. The van der Waals surface area contributed by atoms with E-state index in [9.17, 15) is 18.3 Å². The first-order valence-corrected chi connectivity index (χ1v) is 9.93. The number of halogens is 3. The Kier molecular flexibility index (Phi) is 6.97. The van der Waals surface area contributed by atoms with Gasteiger partial charge in [-0.3, -0.25) is 4.90 Å². The molecule has 4 nitrogen and oxygen atoms in total. The van der Waals surface area contributed by atoms with Crippen molar-refractivity contribution >= 4 is 27.1 Å². The maximum Gasteiger partial charge on any atom is 0.242 e. The monoisotopic (exact) mass is 402 g/mol. The van der Waals surface area contributed by atoms with Crippen molar-refractivity contribution in [3.8, 4) is 0 Å². The number of likely N-dealkylation sites (tertiary alicyclic amines) is 1. The number of aliphatic hydroxyl groups is 1. The summed E-state index contributed by atoms with van der Waals surface area (Å²) in [6.45, 7) is 1.54. The highest BCUT2D eigenvalue weighted by Gasteiger charge is 2.30. The molecule has 1 saturated heterocycles. The third-order valence-electron chi connectivity index (χ3n) is 4.85. The normalized spacial score (nSPS) is 22.4. The number of methoxy groups -OCH3 is 1. The number of β-amino-alcohol motifs (C(OH)–C–C–N with tert-alkyl or cyclic N) is 1. The van der Waals surface area contributed by atoms with Gasteiger partial charge in [0.2, 0.25) is 6.43 Å². The Morgan fingerprint density at radius 1 is 1.41 bits per heavy atom. The first-order valence-electron chi connectivity index (χ1n) is 9.05. The van der Waals surface area contributed by atoms with Crippen LogP contribution in [0.2, 0.25) is 0 Å². The topological polar surface area (TPSA) is 44.7 Å². The van der Waals surface area contributed by atoms with Gasteiger partial charge in [-0.1, -0.05) is 12.1 Å². The van der Waals surface area contributed by atoms with Gasteiger partial charge in [-0.15, -0.1) is 11.3 Å². The number of fused-ring (bicyclic) bond motifs is 1. The van der Waals surface area contributed by atoms with Gasteiger partial charge in [-0.25, -0.2) is 13.2 Å². The second-order valence-electron chi connectivity index (χ2n) is 6.96. The zero-order valence-corrected chi connectivity index (χ0v) is 16.0. The molecule has 0 saturated carbocycles. The lowest BCUT2D eigenvalue weighted by molar-refractivity contribution is 0.0215. The predicted octanol–water partition coefficient (Wildman–Crippen LogP) is 3.54. The van der Waals surface area contributed by atoms with Gasteiger partial charge < -0.3 is 15.2 Å². The number of piperidine rings is 1. The van der Waals surface area contributed by atoms with E-state index in [1.807, 2.05) is 23.1 Å². The van der Waals surface area contributed by atoms with E-state index in [1.54, 1.807) is 5.38 Å². The van der Waals surface area contributed by atoms with Gasteiger partial charge in [0.25, 0.3) is 0 Å². The fourth-order valence-electron chi connectivity index (χ4n) is 3.59. The van der Waals surface area contributed by atoms with E-state index in [0.717, 1.165) is 15.8 Å². The Bertz CT molecular complexity index is 743. The van der Waals surface area contributed by atoms with Gasteiger partial charge in [-0.2, -0.15) is 0 Å². The summed E-state index contributed by atoms with van der Waals surface area (Å²) in [7, 11) is 1.52. The number of anilines is 1. The molecule has 27 heavy (non-hydrogen) atoms. The Labute approximate surface area is 160 Å². The van der Waals surface area contributed by atoms with E-state index in [0.29, 0.717) is 25.1 Å². The lowest BCUT2D eigenvalue weighted by Crippen LogP contribution is -2.50. The number of benzene rings is 1. The maximum atomic E-state index is 14.7. The molecule has 3 unspecified atom stereocenters. The van der Waals surface area contributed by atoms with Gasteiger partial charge in [0.1, 0.15) is 6.17 Å². The van der Waals surface area contributed by atoms with Crippen LogP contribution in [0.3, 0.4) is 0 Å². The summed E-state index contributed by atoms with van der Waals surface area (Å²) in [4.78, 5) is 1.90. The average molecular weight is 402 g/mol. The molecular weight excluding hydrogens is 377 g/mol. The Morgan fingerprint density at radius 3 is 2.93 bits per heavy atom. The van der Waals surface area contributed by atoms with Crippen molar-refractivity contribution in [3.63, 3.8) is 0 Å². The van der Waals surface area contributed by atoms with Crippen LogP contribution >= 0.6 is 11.3 Å². The van der Waals surface area contributed by atoms with E-state index < -0.39 is 18.7 Å². The number of aliphatic hydroxyl groups excluding tert-OH is 1. The molecule has 1 fully saturated rings. The molecule has 8 heteroatoms. The molecule has 0 bridgehead atoms. The molecule has 0 aliphatic carbocycles. The van der Waals surface area contributed by atoms with Crippen molar-refractivity contribution in [1.29, 1.82) is 0 Å². The number of nitrogens with zero attached hydrogens (tertiary/aromatic N) is 1. The third kappa shape index (κ3) is 5.13. The van der Waals surface area contributed by atoms with E-state index in [2.05, 4.69) is 5.32 Å². The molecule has 0 spiro atoms. The number of hydrogen-bond acceptors (Lipinski definition) is 5. The molecule has 0 radical (unpaired) electrons. The SMILES string of the molecule is COCC(O)CN1CCC(Nc2cccc3c(CC(F)F)csc23)C(F)C1.